The molecule has 0 radical (unpaired) electrons. The molecule has 0 aliphatic carbocycles. The highest BCUT2D eigenvalue weighted by molar-refractivity contribution is 5.50. The second-order valence-electron chi connectivity index (χ2n) is 1.26. The summed E-state index contributed by atoms with van der Waals surface area (Å²) in [5, 5.41) is 5.26. The highest BCUT2D eigenvalue weighted by Crippen LogP contribution is 2.03. The van der Waals surface area contributed by atoms with Gasteiger partial charge in [0.05, 0.1) is 0 Å². The van der Waals surface area contributed by atoms with E-state index in [1.807, 2.05) is 0 Å². The van der Waals surface area contributed by atoms with Crippen LogP contribution in [0, 0.1) is 0 Å². The van der Waals surface area contributed by atoms with Gasteiger partial charge in [0, 0.05) is 7.05 Å². The maximum absolute atomic E-state index is 4.70. The van der Waals surface area contributed by atoms with E-state index >= 15 is 0 Å². The van der Waals surface area contributed by atoms with Gasteiger partial charge in [-0.05, 0) is 6.58 Å². The summed E-state index contributed by atoms with van der Waals surface area (Å²) in [5.41, 5.74) is 0. The Hall–Kier alpha value is -0.990. The third-order valence-corrected chi connectivity index (χ3v) is 0.770. The van der Waals surface area contributed by atoms with Gasteiger partial charge in [0.25, 0.3) is 0 Å². The second kappa shape index (κ2) is 1.26. The first kappa shape index (κ1) is 4.18. The first-order chi connectivity index (χ1) is 3.30. The molecule has 7 heavy (non-hydrogen) atoms. The lowest BCUT2D eigenvalue weighted by molar-refractivity contribution is 0.313. The lowest BCUT2D eigenvalue weighted by Crippen LogP contribution is -2.02. The molecule has 0 amide bonds. The first-order valence-electron chi connectivity index (χ1n) is 1.92. The quantitative estimate of drug-likeness (QED) is 0.437. The summed E-state index contributed by atoms with van der Waals surface area (Å²) in [6, 6.07) is 0. The summed E-state index contributed by atoms with van der Waals surface area (Å²) in [6.07, 6.45) is 1.35. The predicted molar refractivity (Wildman–Crippen MR) is 26.5 cm³/mol. The van der Waals surface area contributed by atoms with Gasteiger partial charge in [-0.1, -0.05) is 0 Å². The van der Waals surface area contributed by atoms with Crippen LogP contribution in [0.25, 0.3) is 0 Å². The third-order valence-electron chi connectivity index (χ3n) is 0.770. The van der Waals surface area contributed by atoms with Crippen molar-refractivity contribution in [3.05, 3.63) is 12.5 Å². The largest absolute Gasteiger partial charge is 0.427 e. The maximum atomic E-state index is 4.70. The average molecular weight is 98.1 g/mol. The van der Waals surface area contributed by atoms with Gasteiger partial charge in [-0.15, -0.1) is 5.10 Å². The van der Waals surface area contributed by atoms with Crippen molar-refractivity contribution in [2.45, 2.75) is 0 Å². The van der Waals surface area contributed by atoms with Crippen molar-refractivity contribution >= 4 is 6.40 Å². The van der Waals surface area contributed by atoms with Crippen molar-refractivity contribution in [2.75, 3.05) is 7.05 Å². The van der Waals surface area contributed by atoms with E-state index in [-0.39, 0.29) is 0 Å². The Balaban J connectivity index is 2.62. The number of ether oxygens (including phenoxy) is 1. The number of hydrogen-bond acceptors (Lipinski definition) is 3. The molecule has 0 saturated carbocycles. The Morgan fingerprint density at radius 3 is 2.86 bits per heavy atom. The topological polar surface area (TPSA) is 24.8 Å². The molecule has 3 nitrogen and oxygen atoms in total. The molecule has 0 spiro atoms. The Morgan fingerprint density at radius 2 is 2.71 bits per heavy atom. The van der Waals surface area contributed by atoms with Crippen molar-refractivity contribution in [2.24, 2.45) is 5.10 Å². The van der Waals surface area contributed by atoms with E-state index < -0.39 is 0 Å². The van der Waals surface area contributed by atoms with Crippen molar-refractivity contribution in [3.8, 4) is 0 Å². The smallest absolute Gasteiger partial charge is 0.210 e. The predicted octanol–water partition coefficient (Wildman–Crippen LogP) is 0.363. The molecule has 0 aromatic carbocycles. The molecule has 1 aliphatic rings. The monoisotopic (exact) mass is 98.0 g/mol. The van der Waals surface area contributed by atoms with Crippen LogP contribution in [-0.2, 0) is 4.74 Å². The molecule has 0 aromatic rings. The standard InChI is InChI=1S/C4H6N2O/c1-4-6(2)5-3-7-4/h3H,1H2,2H3. The zero-order valence-electron chi connectivity index (χ0n) is 4.09. The summed E-state index contributed by atoms with van der Waals surface area (Å²) in [7, 11) is 1.77. The molecule has 0 bridgehead atoms. The molecule has 0 fully saturated rings. The first-order valence-corrected chi connectivity index (χ1v) is 1.92. The van der Waals surface area contributed by atoms with Gasteiger partial charge in [0.2, 0.25) is 12.3 Å². The molecule has 38 valence electrons. The summed E-state index contributed by atoms with van der Waals surface area (Å²) >= 11 is 0. The highest BCUT2D eigenvalue weighted by Gasteiger charge is 2.03. The molecule has 0 atom stereocenters. The van der Waals surface area contributed by atoms with Crippen molar-refractivity contribution < 1.29 is 4.74 Å². The van der Waals surface area contributed by atoms with Crippen molar-refractivity contribution in [1.82, 2.24) is 5.01 Å². The highest BCUT2D eigenvalue weighted by atomic mass is 16.5. The van der Waals surface area contributed by atoms with Crippen LogP contribution in [0.3, 0.4) is 0 Å². The molecule has 1 rings (SSSR count). The van der Waals surface area contributed by atoms with Crippen LogP contribution in [0.15, 0.2) is 17.6 Å². The third kappa shape index (κ3) is 0.559. The Labute approximate surface area is 41.9 Å². The molecule has 1 aliphatic heterocycles. The Kier molecular flexibility index (Phi) is 0.749. The summed E-state index contributed by atoms with van der Waals surface area (Å²) in [6.45, 7) is 3.51. The summed E-state index contributed by atoms with van der Waals surface area (Å²) in [5.74, 6) is 0.569. The molecular weight excluding hydrogens is 92.1 g/mol. The molecule has 3 heteroatoms. The minimum atomic E-state index is 0.569. The van der Waals surface area contributed by atoms with Crippen LogP contribution in [0.2, 0.25) is 0 Å². The van der Waals surface area contributed by atoms with Crippen LogP contribution < -0.4 is 0 Å². The summed E-state index contributed by atoms with van der Waals surface area (Å²) in [4.78, 5) is 0. The number of hydrazone groups is 1. The van der Waals surface area contributed by atoms with Crippen LogP contribution in [0.4, 0.5) is 0 Å². The number of rotatable bonds is 0. The molecular formula is C4H6N2O. The van der Waals surface area contributed by atoms with Gasteiger partial charge in [-0.2, -0.15) is 0 Å². The normalized spacial score (nSPS) is 17.9. The Morgan fingerprint density at radius 1 is 2.00 bits per heavy atom. The molecule has 0 aromatic heterocycles. The van der Waals surface area contributed by atoms with Crippen molar-refractivity contribution in [1.29, 1.82) is 0 Å². The van der Waals surface area contributed by atoms with Crippen LogP contribution in [0.5, 0.6) is 0 Å². The molecule has 0 saturated heterocycles. The fourth-order valence-corrected chi connectivity index (χ4v) is 0.296. The maximum Gasteiger partial charge on any atom is 0.210 e. The molecule has 0 unspecified atom stereocenters. The van der Waals surface area contributed by atoms with E-state index in [9.17, 15) is 0 Å². The van der Waals surface area contributed by atoms with E-state index in [0.717, 1.165) is 0 Å². The minimum Gasteiger partial charge on any atom is -0.427 e. The fourth-order valence-electron chi connectivity index (χ4n) is 0.296. The SMILES string of the molecule is C=C1OC=NN1C. The van der Waals surface area contributed by atoms with Crippen molar-refractivity contribution in [3.63, 3.8) is 0 Å². The van der Waals surface area contributed by atoms with Crippen LogP contribution in [0.1, 0.15) is 0 Å². The van der Waals surface area contributed by atoms with Gasteiger partial charge in [-0.3, -0.25) is 0 Å². The van der Waals surface area contributed by atoms with Gasteiger partial charge >= 0.3 is 0 Å². The van der Waals surface area contributed by atoms with E-state index in [0.29, 0.717) is 5.88 Å². The fraction of sp³-hybridized carbons (Fsp3) is 0.250. The minimum absolute atomic E-state index is 0.569. The van der Waals surface area contributed by atoms with Gasteiger partial charge in [0.15, 0.2) is 0 Å². The van der Waals surface area contributed by atoms with Crippen LogP contribution >= 0.6 is 0 Å². The van der Waals surface area contributed by atoms with Gasteiger partial charge < -0.3 is 4.74 Å². The van der Waals surface area contributed by atoms with E-state index in [2.05, 4.69) is 11.7 Å². The summed E-state index contributed by atoms with van der Waals surface area (Å²) < 4.78 is 4.70. The number of hydrogen-bond donors (Lipinski definition) is 0. The molecule has 0 N–H and O–H groups in total. The second-order valence-corrected chi connectivity index (χ2v) is 1.26. The Bertz CT molecular complexity index is 119. The van der Waals surface area contributed by atoms with Gasteiger partial charge in [-0.25, -0.2) is 5.01 Å². The van der Waals surface area contributed by atoms with Gasteiger partial charge in [0.1, 0.15) is 0 Å². The average Bonchev–Trinajstić information content (AvgIpc) is 1.91. The number of nitrogens with zero attached hydrogens (tertiary/aromatic N) is 2. The lowest BCUT2D eigenvalue weighted by Gasteiger charge is -2.01. The van der Waals surface area contributed by atoms with E-state index in [1.165, 1.54) is 6.40 Å². The zero-order chi connectivity index (χ0) is 5.28. The lowest BCUT2D eigenvalue weighted by atomic mass is 10.9. The van der Waals surface area contributed by atoms with E-state index in [1.54, 1.807) is 12.1 Å². The molecule has 1 heterocycles. The zero-order valence-corrected chi connectivity index (χ0v) is 4.09. The van der Waals surface area contributed by atoms with Crippen LogP contribution in [-0.4, -0.2) is 18.5 Å². The van der Waals surface area contributed by atoms with E-state index in [4.69, 9.17) is 4.74 Å².